The first-order chi connectivity index (χ1) is 9.79. The van der Waals surface area contributed by atoms with E-state index >= 15 is 0 Å². The highest BCUT2D eigenvalue weighted by Crippen LogP contribution is 2.42. The number of hydrogen-bond donors (Lipinski definition) is 1. The number of nitrogens with one attached hydrogen (secondary N) is 1. The largest absolute Gasteiger partial charge is 0.390 e. The van der Waals surface area contributed by atoms with Crippen molar-refractivity contribution in [1.82, 2.24) is 10.2 Å². The molecule has 1 atom stereocenters. The lowest BCUT2D eigenvalue weighted by molar-refractivity contribution is -0.148. The Hall–Kier alpha value is -0.200. The summed E-state index contributed by atoms with van der Waals surface area (Å²) < 4.78 is 38.8. The molecule has 0 amide bonds. The van der Waals surface area contributed by atoms with Gasteiger partial charge in [0, 0.05) is 42.8 Å². The second-order valence-corrected chi connectivity index (χ2v) is 6.07. The minimum atomic E-state index is -4.31. The molecule has 1 heterocycles. The molecule has 0 radical (unpaired) electrons. The van der Waals surface area contributed by atoms with Crippen molar-refractivity contribution in [3.63, 3.8) is 0 Å². The van der Waals surface area contributed by atoms with Gasteiger partial charge in [-0.1, -0.05) is 34.8 Å². The van der Waals surface area contributed by atoms with E-state index in [1.54, 1.807) is 4.90 Å². The van der Waals surface area contributed by atoms with E-state index in [-0.39, 0.29) is 20.6 Å². The molecule has 118 valence electrons. The predicted octanol–water partition coefficient (Wildman–Crippen LogP) is 4.55. The highest BCUT2D eigenvalue weighted by Gasteiger charge is 2.38. The summed E-state index contributed by atoms with van der Waals surface area (Å²) in [6, 6.07) is 2.04. The van der Waals surface area contributed by atoms with E-state index in [0.29, 0.717) is 26.2 Å². The fourth-order valence-electron chi connectivity index (χ4n) is 2.47. The van der Waals surface area contributed by atoms with Gasteiger partial charge in [-0.15, -0.1) is 0 Å². The molecule has 0 bridgehead atoms. The molecule has 0 aliphatic carbocycles. The van der Waals surface area contributed by atoms with E-state index in [2.05, 4.69) is 5.32 Å². The Morgan fingerprint density at radius 3 is 2.24 bits per heavy atom. The van der Waals surface area contributed by atoms with Gasteiger partial charge in [-0.3, -0.25) is 4.90 Å². The lowest BCUT2D eigenvalue weighted by Gasteiger charge is -2.36. The van der Waals surface area contributed by atoms with Gasteiger partial charge in [0.2, 0.25) is 0 Å². The van der Waals surface area contributed by atoms with Crippen molar-refractivity contribution in [1.29, 1.82) is 0 Å². The SMILES string of the molecule is FC(F)(F)C[C@H](c1c(Cl)ccc(Cl)c1Cl)N1CCNCC1. The van der Waals surface area contributed by atoms with Crippen LogP contribution in [0.5, 0.6) is 0 Å². The van der Waals surface area contributed by atoms with Crippen molar-refractivity contribution < 1.29 is 13.2 Å². The van der Waals surface area contributed by atoms with Crippen molar-refractivity contribution in [3.05, 3.63) is 32.8 Å². The van der Waals surface area contributed by atoms with Crippen LogP contribution in [0.15, 0.2) is 12.1 Å². The van der Waals surface area contributed by atoms with Gasteiger partial charge < -0.3 is 5.32 Å². The Labute approximate surface area is 136 Å². The van der Waals surface area contributed by atoms with Crippen LogP contribution >= 0.6 is 34.8 Å². The summed E-state index contributed by atoms with van der Waals surface area (Å²) in [6.45, 7) is 2.26. The summed E-state index contributed by atoms with van der Waals surface area (Å²) in [5, 5.41) is 3.62. The summed E-state index contributed by atoms with van der Waals surface area (Å²) in [4.78, 5) is 1.74. The van der Waals surface area contributed by atoms with Gasteiger partial charge in [0.05, 0.1) is 16.5 Å². The molecule has 2 rings (SSSR count). The molecule has 0 spiro atoms. The topological polar surface area (TPSA) is 15.3 Å². The van der Waals surface area contributed by atoms with Gasteiger partial charge in [-0.2, -0.15) is 13.2 Å². The third kappa shape index (κ3) is 4.39. The maximum absolute atomic E-state index is 12.9. The third-order valence-corrected chi connectivity index (χ3v) is 4.58. The summed E-state index contributed by atoms with van der Waals surface area (Å²) in [5.74, 6) is 0. The van der Waals surface area contributed by atoms with Crippen molar-refractivity contribution in [2.24, 2.45) is 0 Å². The standard InChI is InChI=1S/C13H14Cl3F3N2/c14-8-1-2-9(15)12(16)11(8)10(7-13(17,18)19)21-5-3-20-4-6-21/h1-2,10,20H,3-7H2/t10-/m1/s1. The molecule has 1 aliphatic rings. The molecule has 0 saturated carbocycles. The molecule has 21 heavy (non-hydrogen) atoms. The van der Waals surface area contributed by atoms with Crippen molar-refractivity contribution in [2.45, 2.75) is 18.6 Å². The van der Waals surface area contributed by atoms with Crippen LogP contribution in [0.1, 0.15) is 18.0 Å². The normalized spacial score (nSPS) is 18.8. The zero-order chi connectivity index (χ0) is 15.6. The minimum absolute atomic E-state index is 0.0944. The quantitative estimate of drug-likeness (QED) is 0.795. The van der Waals surface area contributed by atoms with Crippen molar-refractivity contribution in [3.8, 4) is 0 Å². The zero-order valence-corrected chi connectivity index (χ0v) is 13.3. The number of benzene rings is 1. The molecule has 0 aromatic heterocycles. The maximum Gasteiger partial charge on any atom is 0.390 e. The number of rotatable bonds is 3. The van der Waals surface area contributed by atoms with Crippen LogP contribution < -0.4 is 5.32 Å². The first kappa shape index (κ1) is 17.2. The smallest absolute Gasteiger partial charge is 0.314 e. The Kier molecular flexibility index (Phi) is 5.65. The van der Waals surface area contributed by atoms with Gasteiger partial charge in [0.15, 0.2) is 0 Å². The van der Waals surface area contributed by atoms with Gasteiger partial charge in [-0.25, -0.2) is 0 Å². The summed E-state index contributed by atoms with van der Waals surface area (Å²) in [7, 11) is 0. The molecule has 2 nitrogen and oxygen atoms in total. The third-order valence-electron chi connectivity index (χ3n) is 3.43. The molecular formula is C13H14Cl3F3N2. The molecule has 1 saturated heterocycles. The van der Waals surface area contributed by atoms with Gasteiger partial charge in [0.1, 0.15) is 0 Å². The van der Waals surface area contributed by atoms with Crippen LogP contribution in [-0.4, -0.2) is 37.3 Å². The van der Waals surface area contributed by atoms with Gasteiger partial charge in [-0.05, 0) is 12.1 Å². The van der Waals surface area contributed by atoms with E-state index in [1.807, 2.05) is 0 Å². The number of alkyl halides is 3. The van der Waals surface area contributed by atoms with Crippen LogP contribution in [0.25, 0.3) is 0 Å². The van der Waals surface area contributed by atoms with Crippen molar-refractivity contribution >= 4 is 34.8 Å². The van der Waals surface area contributed by atoms with E-state index in [0.717, 1.165) is 0 Å². The van der Waals surface area contributed by atoms with E-state index < -0.39 is 18.6 Å². The molecule has 1 aliphatic heterocycles. The molecule has 1 aromatic rings. The Morgan fingerprint density at radius 2 is 1.67 bits per heavy atom. The second-order valence-electron chi connectivity index (χ2n) is 4.88. The first-order valence-electron chi connectivity index (χ1n) is 6.44. The number of nitrogens with zero attached hydrogens (tertiary/aromatic N) is 1. The van der Waals surface area contributed by atoms with Crippen LogP contribution in [0.3, 0.4) is 0 Å². The molecular weight excluding hydrogens is 348 g/mol. The second kappa shape index (κ2) is 6.92. The highest BCUT2D eigenvalue weighted by atomic mass is 35.5. The summed E-state index contributed by atoms with van der Waals surface area (Å²) in [5.41, 5.74) is 0.255. The number of hydrogen-bond acceptors (Lipinski definition) is 2. The van der Waals surface area contributed by atoms with Crippen molar-refractivity contribution in [2.75, 3.05) is 26.2 Å². The Balaban J connectivity index is 2.41. The molecule has 8 heteroatoms. The van der Waals surface area contributed by atoms with Crippen LogP contribution in [0.4, 0.5) is 13.2 Å². The lowest BCUT2D eigenvalue weighted by atomic mass is 10.0. The van der Waals surface area contributed by atoms with Crippen LogP contribution in [0.2, 0.25) is 15.1 Å². The highest BCUT2D eigenvalue weighted by molar-refractivity contribution is 6.44. The van der Waals surface area contributed by atoms with E-state index in [9.17, 15) is 13.2 Å². The summed E-state index contributed by atoms with van der Waals surface area (Å²) in [6.07, 6.45) is -5.32. The monoisotopic (exact) mass is 360 g/mol. The van der Waals surface area contributed by atoms with Crippen LogP contribution in [0, 0.1) is 0 Å². The fourth-order valence-corrected chi connectivity index (χ4v) is 3.26. The average molecular weight is 362 g/mol. The average Bonchev–Trinajstić information content (AvgIpc) is 2.42. The number of halogens is 6. The molecule has 0 unspecified atom stereocenters. The van der Waals surface area contributed by atoms with E-state index in [4.69, 9.17) is 34.8 Å². The fraction of sp³-hybridized carbons (Fsp3) is 0.538. The van der Waals surface area contributed by atoms with E-state index in [1.165, 1.54) is 12.1 Å². The molecule has 1 fully saturated rings. The minimum Gasteiger partial charge on any atom is -0.314 e. The molecule has 1 N–H and O–H groups in total. The predicted molar refractivity (Wildman–Crippen MR) is 79.3 cm³/mol. The Morgan fingerprint density at radius 1 is 1.10 bits per heavy atom. The lowest BCUT2D eigenvalue weighted by Crippen LogP contribution is -2.46. The maximum atomic E-state index is 12.9. The molecule has 1 aromatic carbocycles. The van der Waals surface area contributed by atoms with Gasteiger partial charge in [0.25, 0.3) is 0 Å². The zero-order valence-electron chi connectivity index (χ0n) is 11.0. The van der Waals surface area contributed by atoms with Crippen LogP contribution in [-0.2, 0) is 0 Å². The summed E-state index contributed by atoms with van der Waals surface area (Å²) >= 11 is 18.1. The number of piperazine rings is 1. The van der Waals surface area contributed by atoms with Gasteiger partial charge >= 0.3 is 6.18 Å². The first-order valence-corrected chi connectivity index (χ1v) is 7.58. The Bertz CT molecular complexity index is 502.